The van der Waals surface area contributed by atoms with Crippen molar-refractivity contribution in [3.8, 4) is 0 Å². The molecule has 4 aromatic rings. The van der Waals surface area contributed by atoms with Gasteiger partial charge in [0, 0.05) is 23.0 Å². The number of nitrogens with zero attached hydrogens (tertiary/aromatic N) is 2. The van der Waals surface area contributed by atoms with Crippen molar-refractivity contribution in [3.63, 3.8) is 0 Å². The molecule has 4 N–H and O–H groups in total. The average Bonchev–Trinajstić information content (AvgIpc) is 2.72. The highest BCUT2D eigenvalue weighted by molar-refractivity contribution is 6.08. The molecule has 2 heterocycles. The van der Waals surface area contributed by atoms with Crippen molar-refractivity contribution in [1.29, 1.82) is 0 Å². The highest BCUT2D eigenvalue weighted by atomic mass is 16.3. The number of nitrogen functional groups attached to an aromatic ring is 1. The van der Waals surface area contributed by atoms with Gasteiger partial charge in [-0.15, -0.1) is 0 Å². The summed E-state index contributed by atoms with van der Waals surface area (Å²) in [5.74, 6) is 0.477. The minimum absolute atomic E-state index is 0.111. The Morgan fingerprint density at radius 1 is 0.967 bits per heavy atom. The molecular formula is C25H28N4O. The molecule has 0 fully saturated rings. The van der Waals surface area contributed by atoms with E-state index in [0.717, 1.165) is 40.2 Å². The van der Waals surface area contributed by atoms with Crippen LogP contribution in [-0.2, 0) is 12.8 Å². The fourth-order valence-electron chi connectivity index (χ4n) is 3.92. The third-order valence-corrected chi connectivity index (χ3v) is 5.54. The molecule has 0 aliphatic heterocycles. The van der Waals surface area contributed by atoms with Crippen molar-refractivity contribution >= 4 is 27.6 Å². The normalized spacial score (nSPS) is 13.6. The van der Waals surface area contributed by atoms with Gasteiger partial charge in [0.25, 0.3) is 0 Å². The first-order valence-corrected chi connectivity index (χ1v) is 10.4. The minimum atomic E-state index is -0.524. The Hall–Kier alpha value is -3.02. The molecule has 5 heteroatoms. The molecule has 4 rings (SSSR count). The van der Waals surface area contributed by atoms with E-state index < -0.39 is 6.23 Å². The molecule has 0 spiro atoms. The monoisotopic (exact) mass is 400 g/mol. The number of nitrogens with one attached hydrogen (secondary N) is 1. The zero-order valence-corrected chi connectivity index (χ0v) is 17.7. The van der Waals surface area contributed by atoms with Crippen molar-refractivity contribution < 1.29 is 5.11 Å². The van der Waals surface area contributed by atoms with Crippen LogP contribution >= 0.6 is 0 Å². The number of nitrogens with two attached hydrogens (primary N) is 1. The number of aryl methyl sites for hydroxylation is 3. The Labute approximate surface area is 177 Å². The smallest absolute Gasteiger partial charge is 0.150 e. The van der Waals surface area contributed by atoms with Crippen molar-refractivity contribution in [3.05, 3.63) is 77.0 Å². The van der Waals surface area contributed by atoms with Crippen LogP contribution in [0.3, 0.4) is 0 Å². The van der Waals surface area contributed by atoms with Gasteiger partial charge in [0.05, 0.1) is 5.52 Å². The summed E-state index contributed by atoms with van der Waals surface area (Å²) in [6.45, 7) is 5.84. The third kappa shape index (κ3) is 4.27. The van der Waals surface area contributed by atoms with Crippen LogP contribution in [0.4, 0.5) is 5.82 Å². The SMILES string of the molecule is Cc1ccc2c(c1)nc(N)c1ncc(CCc3ccc(C(C)NC(C)O)cc3)cc12. The number of aliphatic hydroxyl groups is 1. The Balaban J connectivity index is 1.55. The number of fused-ring (bicyclic) bond motifs is 3. The van der Waals surface area contributed by atoms with Crippen molar-refractivity contribution in [2.24, 2.45) is 0 Å². The number of anilines is 1. The van der Waals surface area contributed by atoms with Gasteiger partial charge in [0.2, 0.25) is 0 Å². The average molecular weight is 401 g/mol. The maximum atomic E-state index is 9.49. The van der Waals surface area contributed by atoms with Gasteiger partial charge >= 0.3 is 0 Å². The molecule has 0 amide bonds. The number of hydrogen-bond donors (Lipinski definition) is 3. The molecule has 2 unspecified atom stereocenters. The Kier molecular flexibility index (Phi) is 5.66. The standard InChI is InChI=1S/C25H28N4O/c1-15-4-11-21-22-13-19(14-27-24(22)25(26)29-23(21)12-15)6-5-18-7-9-20(10-8-18)16(2)28-17(3)30/h4,7-14,16-17,28,30H,5-6H2,1-3H3,(H2,26,29). The lowest BCUT2D eigenvalue weighted by atomic mass is 10.0. The molecule has 154 valence electrons. The van der Waals surface area contributed by atoms with Crippen LogP contribution in [0.25, 0.3) is 21.8 Å². The summed E-state index contributed by atoms with van der Waals surface area (Å²) < 4.78 is 0. The molecule has 5 nitrogen and oxygen atoms in total. The first-order valence-electron chi connectivity index (χ1n) is 10.4. The summed E-state index contributed by atoms with van der Waals surface area (Å²) >= 11 is 0. The summed E-state index contributed by atoms with van der Waals surface area (Å²) in [7, 11) is 0. The maximum Gasteiger partial charge on any atom is 0.150 e. The van der Waals surface area contributed by atoms with E-state index in [0.29, 0.717) is 5.82 Å². The first kappa shape index (κ1) is 20.3. The summed E-state index contributed by atoms with van der Waals surface area (Å²) in [6, 6.07) is 17.1. The third-order valence-electron chi connectivity index (χ3n) is 5.54. The van der Waals surface area contributed by atoms with Gasteiger partial charge in [0.15, 0.2) is 5.82 Å². The van der Waals surface area contributed by atoms with Gasteiger partial charge in [-0.2, -0.15) is 0 Å². The van der Waals surface area contributed by atoms with Gasteiger partial charge in [-0.3, -0.25) is 10.3 Å². The second-order valence-electron chi connectivity index (χ2n) is 8.06. The molecule has 0 saturated carbocycles. The van der Waals surface area contributed by atoms with E-state index in [1.54, 1.807) is 6.92 Å². The van der Waals surface area contributed by atoms with Crippen molar-refractivity contribution in [2.45, 2.75) is 45.9 Å². The number of hydrogen-bond acceptors (Lipinski definition) is 5. The molecule has 2 aromatic heterocycles. The van der Waals surface area contributed by atoms with E-state index >= 15 is 0 Å². The summed E-state index contributed by atoms with van der Waals surface area (Å²) in [5.41, 5.74) is 12.6. The van der Waals surface area contributed by atoms with Crippen LogP contribution in [0.15, 0.2) is 54.7 Å². The Bertz CT molecular complexity index is 1190. The van der Waals surface area contributed by atoms with Crippen LogP contribution < -0.4 is 11.1 Å². The van der Waals surface area contributed by atoms with Crippen molar-refractivity contribution in [2.75, 3.05) is 5.73 Å². The lowest BCUT2D eigenvalue weighted by Gasteiger charge is -2.16. The number of aliphatic hydroxyl groups excluding tert-OH is 1. The number of pyridine rings is 2. The second kappa shape index (κ2) is 8.38. The van der Waals surface area contributed by atoms with Gasteiger partial charge in [0.1, 0.15) is 11.7 Å². The molecule has 0 aliphatic rings. The van der Waals surface area contributed by atoms with Crippen LogP contribution in [0.1, 0.15) is 42.1 Å². The van der Waals surface area contributed by atoms with E-state index in [2.05, 4.69) is 77.7 Å². The molecule has 0 saturated heterocycles. The van der Waals surface area contributed by atoms with E-state index in [4.69, 9.17) is 5.73 Å². The van der Waals surface area contributed by atoms with Crippen LogP contribution in [0.5, 0.6) is 0 Å². The molecular weight excluding hydrogens is 372 g/mol. The topological polar surface area (TPSA) is 84.1 Å². The molecule has 0 bridgehead atoms. The van der Waals surface area contributed by atoms with E-state index in [-0.39, 0.29) is 6.04 Å². The highest BCUT2D eigenvalue weighted by Gasteiger charge is 2.10. The lowest BCUT2D eigenvalue weighted by molar-refractivity contribution is 0.143. The molecule has 30 heavy (non-hydrogen) atoms. The molecule has 0 aliphatic carbocycles. The molecule has 2 aromatic carbocycles. The second-order valence-corrected chi connectivity index (χ2v) is 8.06. The fraction of sp³-hybridized carbons (Fsp3) is 0.280. The lowest BCUT2D eigenvalue weighted by Crippen LogP contribution is -2.28. The number of benzene rings is 2. The van der Waals surface area contributed by atoms with E-state index in [1.165, 1.54) is 16.7 Å². The highest BCUT2D eigenvalue weighted by Crippen LogP contribution is 2.28. The molecule has 2 atom stereocenters. The van der Waals surface area contributed by atoms with Crippen molar-refractivity contribution in [1.82, 2.24) is 15.3 Å². The van der Waals surface area contributed by atoms with E-state index in [1.807, 2.05) is 6.20 Å². The number of rotatable bonds is 6. The summed E-state index contributed by atoms with van der Waals surface area (Å²) in [4.78, 5) is 9.13. The van der Waals surface area contributed by atoms with Gasteiger partial charge < -0.3 is 10.8 Å². The summed E-state index contributed by atoms with van der Waals surface area (Å²) in [6.07, 6.45) is 3.22. The van der Waals surface area contributed by atoms with Crippen LogP contribution in [0, 0.1) is 6.92 Å². The minimum Gasteiger partial charge on any atom is -0.382 e. The van der Waals surface area contributed by atoms with Gasteiger partial charge in [-0.25, -0.2) is 4.98 Å². The van der Waals surface area contributed by atoms with Crippen LogP contribution in [0.2, 0.25) is 0 Å². The predicted molar refractivity (Wildman–Crippen MR) is 123 cm³/mol. The quantitative estimate of drug-likeness (QED) is 0.329. The predicted octanol–water partition coefficient (Wildman–Crippen LogP) is 4.45. The van der Waals surface area contributed by atoms with E-state index in [9.17, 15) is 5.11 Å². The zero-order valence-electron chi connectivity index (χ0n) is 17.7. The number of aromatic nitrogens is 2. The molecule has 0 radical (unpaired) electrons. The fourth-order valence-corrected chi connectivity index (χ4v) is 3.92. The zero-order chi connectivity index (χ0) is 21.3. The Morgan fingerprint density at radius 2 is 1.70 bits per heavy atom. The first-order chi connectivity index (χ1) is 14.4. The summed E-state index contributed by atoms with van der Waals surface area (Å²) in [5, 5.41) is 14.7. The maximum absolute atomic E-state index is 9.49. The van der Waals surface area contributed by atoms with Gasteiger partial charge in [-0.1, -0.05) is 36.4 Å². The van der Waals surface area contributed by atoms with Gasteiger partial charge in [-0.05, 0) is 68.0 Å². The Morgan fingerprint density at radius 3 is 2.43 bits per heavy atom. The largest absolute Gasteiger partial charge is 0.382 e. The van der Waals surface area contributed by atoms with Crippen LogP contribution in [-0.4, -0.2) is 21.3 Å².